The maximum Gasteiger partial charge on any atom is 0.333 e. The fourth-order valence-electron chi connectivity index (χ4n) is 3.02. The number of benzene rings is 1. The van der Waals surface area contributed by atoms with E-state index in [-0.39, 0.29) is 6.54 Å². The van der Waals surface area contributed by atoms with Crippen LogP contribution < -0.4 is 11.2 Å². The third kappa shape index (κ3) is 4.05. The summed E-state index contributed by atoms with van der Waals surface area (Å²) in [7, 11) is 0. The van der Waals surface area contributed by atoms with Crippen LogP contribution in [0.1, 0.15) is 31.1 Å². The fraction of sp³-hybridized carbons (Fsp3) is 0.444. The first kappa shape index (κ1) is 17.6. The zero-order valence-electron chi connectivity index (χ0n) is 13.8. The van der Waals surface area contributed by atoms with Gasteiger partial charge in [-0.3, -0.25) is 13.9 Å². The summed E-state index contributed by atoms with van der Waals surface area (Å²) in [6.07, 6.45) is 1.75. The zero-order chi connectivity index (χ0) is 17.8. The van der Waals surface area contributed by atoms with E-state index in [0.29, 0.717) is 25.9 Å². The molecule has 1 aromatic heterocycles. The standard InChI is InChI=1S/C18H21FN2O4/c19-15-12-20(16-7-4-10-25-16)18(24)21(17(15)23)11-14(22)9-8-13-5-2-1-3-6-13/h1-3,5-6,12,14,16,22H,4,7-11H2/t14-,16+/m0/s1. The molecule has 2 aromatic rings. The van der Waals surface area contributed by atoms with Crippen molar-refractivity contribution in [1.29, 1.82) is 0 Å². The minimum Gasteiger partial charge on any atom is -0.391 e. The Labute approximate surface area is 144 Å². The number of aromatic nitrogens is 2. The molecule has 0 spiro atoms. The summed E-state index contributed by atoms with van der Waals surface area (Å²) in [5, 5.41) is 10.2. The second-order valence-electron chi connectivity index (χ2n) is 6.23. The molecule has 0 radical (unpaired) electrons. The highest BCUT2D eigenvalue weighted by molar-refractivity contribution is 5.14. The molecule has 7 heteroatoms. The Kier molecular flexibility index (Phi) is 5.45. The van der Waals surface area contributed by atoms with Gasteiger partial charge in [0.15, 0.2) is 0 Å². The highest BCUT2D eigenvalue weighted by Crippen LogP contribution is 2.20. The van der Waals surface area contributed by atoms with E-state index in [1.54, 1.807) is 0 Å². The maximum atomic E-state index is 13.9. The van der Waals surface area contributed by atoms with E-state index in [0.717, 1.165) is 27.3 Å². The lowest BCUT2D eigenvalue weighted by Crippen LogP contribution is -2.44. The van der Waals surface area contributed by atoms with E-state index in [1.165, 1.54) is 0 Å². The van der Waals surface area contributed by atoms with Crippen LogP contribution in [0, 0.1) is 5.82 Å². The van der Waals surface area contributed by atoms with Crippen molar-refractivity contribution in [1.82, 2.24) is 9.13 Å². The highest BCUT2D eigenvalue weighted by Gasteiger charge is 2.23. The lowest BCUT2D eigenvalue weighted by molar-refractivity contribution is 0.0490. The number of rotatable bonds is 6. The summed E-state index contributed by atoms with van der Waals surface area (Å²) in [6.45, 7) is 0.256. The van der Waals surface area contributed by atoms with E-state index in [4.69, 9.17) is 4.74 Å². The molecule has 2 heterocycles. The molecule has 1 fully saturated rings. The molecule has 2 atom stereocenters. The molecule has 0 bridgehead atoms. The summed E-state index contributed by atoms with van der Waals surface area (Å²) < 4.78 is 21.2. The van der Waals surface area contributed by atoms with E-state index >= 15 is 0 Å². The maximum absolute atomic E-state index is 13.9. The van der Waals surface area contributed by atoms with Crippen LogP contribution in [0.25, 0.3) is 0 Å². The number of hydrogen-bond acceptors (Lipinski definition) is 4. The van der Waals surface area contributed by atoms with Gasteiger partial charge in [-0.25, -0.2) is 4.79 Å². The molecule has 0 amide bonds. The van der Waals surface area contributed by atoms with Gasteiger partial charge >= 0.3 is 5.69 Å². The Morgan fingerprint density at radius 1 is 1.28 bits per heavy atom. The molecule has 1 aliphatic heterocycles. The third-order valence-corrected chi connectivity index (χ3v) is 4.37. The lowest BCUT2D eigenvalue weighted by atomic mass is 10.1. The summed E-state index contributed by atoms with van der Waals surface area (Å²) in [4.78, 5) is 24.5. The van der Waals surface area contributed by atoms with Crippen LogP contribution in [0.4, 0.5) is 4.39 Å². The summed E-state index contributed by atoms with van der Waals surface area (Å²) in [5.74, 6) is -1.02. The van der Waals surface area contributed by atoms with Crippen LogP contribution in [0.15, 0.2) is 46.1 Å². The van der Waals surface area contributed by atoms with Crippen molar-refractivity contribution in [2.75, 3.05) is 6.61 Å². The SMILES string of the molecule is O=c1c(F)cn([C@H]2CCCO2)c(=O)n1C[C@@H](O)CCc1ccccc1. The van der Waals surface area contributed by atoms with Gasteiger partial charge in [-0.15, -0.1) is 0 Å². The highest BCUT2D eigenvalue weighted by atomic mass is 19.1. The van der Waals surface area contributed by atoms with Crippen molar-refractivity contribution < 1.29 is 14.2 Å². The van der Waals surface area contributed by atoms with Crippen LogP contribution in [0.3, 0.4) is 0 Å². The first-order valence-electron chi connectivity index (χ1n) is 8.41. The molecule has 1 aromatic carbocycles. The monoisotopic (exact) mass is 348 g/mol. The van der Waals surface area contributed by atoms with Crippen LogP contribution >= 0.6 is 0 Å². The second kappa shape index (κ2) is 7.76. The van der Waals surface area contributed by atoms with Gasteiger partial charge < -0.3 is 9.84 Å². The Hall–Kier alpha value is -2.25. The molecule has 134 valence electrons. The first-order chi connectivity index (χ1) is 12.1. The predicted octanol–water partition coefficient (Wildman–Crippen LogP) is 1.45. The number of hydrogen-bond donors (Lipinski definition) is 1. The van der Waals surface area contributed by atoms with Gasteiger partial charge in [-0.1, -0.05) is 30.3 Å². The zero-order valence-corrected chi connectivity index (χ0v) is 13.8. The Bertz CT molecular complexity index is 825. The summed E-state index contributed by atoms with van der Waals surface area (Å²) in [6, 6.07) is 9.58. The average Bonchev–Trinajstić information content (AvgIpc) is 3.15. The van der Waals surface area contributed by atoms with E-state index in [9.17, 15) is 19.1 Å². The van der Waals surface area contributed by atoms with E-state index in [1.807, 2.05) is 30.3 Å². The Morgan fingerprint density at radius 2 is 2.04 bits per heavy atom. The second-order valence-corrected chi connectivity index (χ2v) is 6.23. The van der Waals surface area contributed by atoms with Gasteiger partial charge in [0.05, 0.1) is 18.8 Å². The number of aryl methyl sites for hydroxylation is 1. The molecular weight excluding hydrogens is 327 g/mol. The van der Waals surface area contributed by atoms with Crippen molar-refractivity contribution in [2.24, 2.45) is 0 Å². The topological polar surface area (TPSA) is 73.5 Å². The van der Waals surface area contributed by atoms with Gasteiger partial charge in [0.1, 0.15) is 6.23 Å². The van der Waals surface area contributed by atoms with Gasteiger partial charge in [-0.2, -0.15) is 4.39 Å². The molecule has 3 rings (SSSR count). The van der Waals surface area contributed by atoms with Crippen LogP contribution in [0.5, 0.6) is 0 Å². The molecule has 0 unspecified atom stereocenters. The molecule has 1 saturated heterocycles. The van der Waals surface area contributed by atoms with Crippen LogP contribution in [0.2, 0.25) is 0 Å². The number of aliphatic hydroxyl groups excluding tert-OH is 1. The van der Waals surface area contributed by atoms with Crippen molar-refractivity contribution in [3.63, 3.8) is 0 Å². The van der Waals surface area contributed by atoms with Crippen molar-refractivity contribution in [3.8, 4) is 0 Å². The van der Waals surface area contributed by atoms with Crippen LogP contribution in [-0.2, 0) is 17.7 Å². The summed E-state index contributed by atoms with van der Waals surface area (Å²) >= 11 is 0. The van der Waals surface area contributed by atoms with Crippen LogP contribution in [-0.4, -0.2) is 27.0 Å². The minimum absolute atomic E-state index is 0.241. The fourth-order valence-corrected chi connectivity index (χ4v) is 3.02. The predicted molar refractivity (Wildman–Crippen MR) is 89.9 cm³/mol. The smallest absolute Gasteiger partial charge is 0.333 e. The number of halogens is 1. The van der Waals surface area contributed by atoms with Crippen molar-refractivity contribution >= 4 is 0 Å². The minimum atomic E-state index is -1.02. The summed E-state index contributed by atoms with van der Waals surface area (Å²) in [5.41, 5.74) is -0.625. The quantitative estimate of drug-likeness (QED) is 0.858. The molecule has 1 aliphatic rings. The first-order valence-corrected chi connectivity index (χ1v) is 8.41. The lowest BCUT2D eigenvalue weighted by Gasteiger charge is -2.17. The van der Waals surface area contributed by atoms with E-state index in [2.05, 4.69) is 0 Å². The normalized spacial score (nSPS) is 18.4. The van der Waals surface area contributed by atoms with E-state index < -0.39 is 29.4 Å². The molecule has 0 saturated carbocycles. The average molecular weight is 348 g/mol. The molecule has 1 N–H and O–H groups in total. The number of ether oxygens (including phenoxy) is 1. The van der Waals surface area contributed by atoms with Crippen molar-refractivity contribution in [3.05, 3.63) is 68.7 Å². The molecule has 0 aliphatic carbocycles. The Morgan fingerprint density at radius 3 is 2.72 bits per heavy atom. The van der Waals surface area contributed by atoms with Gasteiger partial charge in [0.2, 0.25) is 5.82 Å². The number of nitrogens with zero attached hydrogens (tertiary/aromatic N) is 2. The largest absolute Gasteiger partial charge is 0.391 e. The third-order valence-electron chi connectivity index (χ3n) is 4.37. The molecule has 6 nitrogen and oxygen atoms in total. The molecular formula is C18H21FN2O4. The molecule has 25 heavy (non-hydrogen) atoms. The van der Waals surface area contributed by atoms with Gasteiger partial charge in [-0.05, 0) is 31.2 Å². The number of aliphatic hydroxyl groups is 1. The van der Waals surface area contributed by atoms with Gasteiger partial charge in [0.25, 0.3) is 5.56 Å². The van der Waals surface area contributed by atoms with Crippen molar-refractivity contribution in [2.45, 2.75) is 44.6 Å². The Balaban J connectivity index is 1.76. The van der Waals surface area contributed by atoms with Gasteiger partial charge in [0, 0.05) is 6.61 Å².